The number of rotatable bonds is 2. The SMILES string of the molecule is O=S(=O)(c1ccccc1Cl)n1ccc2ccccc21. The summed E-state index contributed by atoms with van der Waals surface area (Å²) in [5.41, 5.74) is 0.641. The summed E-state index contributed by atoms with van der Waals surface area (Å²) < 4.78 is 26.5. The van der Waals surface area contributed by atoms with Crippen molar-refractivity contribution < 1.29 is 8.42 Å². The number of nitrogens with zero attached hydrogens (tertiary/aromatic N) is 1. The number of halogens is 1. The van der Waals surface area contributed by atoms with Gasteiger partial charge in [0.1, 0.15) is 4.90 Å². The fourth-order valence-electron chi connectivity index (χ4n) is 2.03. The molecule has 2 aromatic carbocycles. The van der Waals surface area contributed by atoms with E-state index in [1.54, 1.807) is 42.6 Å². The first-order valence-corrected chi connectivity index (χ1v) is 7.49. The van der Waals surface area contributed by atoms with Crippen LogP contribution in [-0.4, -0.2) is 12.4 Å². The van der Waals surface area contributed by atoms with E-state index >= 15 is 0 Å². The van der Waals surface area contributed by atoms with Crippen LogP contribution < -0.4 is 0 Å². The minimum atomic E-state index is -3.67. The number of aromatic nitrogens is 1. The summed E-state index contributed by atoms with van der Waals surface area (Å²) in [6.45, 7) is 0. The van der Waals surface area contributed by atoms with Gasteiger partial charge in [0.2, 0.25) is 0 Å². The minimum absolute atomic E-state index is 0.109. The van der Waals surface area contributed by atoms with E-state index in [0.29, 0.717) is 5.52 Å². The van der Waals surface area contributed by atoms with E-state index < -0.39 is 10.0 Å². The van der Waals surface area contributed by atoms with Gasteiger partial charge in [-0.1, -0.05) is 41.9 Å². The molecule has 1 heterocycles. The molecule has 0 fully saturated rings. The van der Waals surface area contributed by atoms with Crippen LogP contribution in [0.1, 0.15) is 0 Å². The molecule has 3 nitrogen and oxygen atoms in total. The van der Waals surface area contributed by atoms with Crippen molar-refractivity contribution in [3.05, 3.63) is 65.8 Å². The molecule has 19 heavy (non-hydrogen) atoms. The highest BCUT2D eigenvalue weighted by atomic mass is 35.5. The quantitative estimate of drug-likeness (QED) is 0.724. The Balaban J connectivity index is 2.29. The van der Waals surface area contributed by atoms with Gasteiger partial charge in [-0.05, 0) is 24.3 Å². The lowest BCUT2D eigenvalue weighted by molar-refractivity contribution is 0.589. The number of hydrogen-bond donors (Lipinski definition) is 0. The molecule has 0 aliphatic carbocycles. The molecule has 3 rings (SSSR count). The molecule has 0 N–H and O–H groups in total. The molecule has 0 aliphatic heterocycles. The van der Waals surface area contributed by atoms with Crippen LogP contribution >= 0.6 is 11.6 Å². The Kier molecular flexibility index (Phi) is 2.84. The summed E-state index contributed by atoms with van der Waals surface area (Å²) in [4.78, 5) is 0.109. The molecule has 96 valence electrons. The fourth-order valence-corrected chi connectivity index (χ4v) is 3.88. The van der Waals surface area contributed by atoms with E-state index in [1.807, 2.05) is 12.1 Å². The van der Waals surface area contributed by atoms with Crippen molar-refractivity contribution in [1.29, 1.82) is 0 Å². The maximum atomic E-state index is 12.6. The third-order valence-corrected chi connectivity index (χ3v) is 5.13. The van der Waals surface area contributed by atoms with E-state index in [0.717, 1.165) is 5.39 Å². The lowest BCUT2D eigenvalue weighted by Crippen LogP contribution is -2.12. The zero-order chi connectivity index (χ0) is 13.5. The smallest absolute Gasteiger partial charge is 0.241 e. The Hall–Kier alpha value is -1.78. The minimum Gasteiger partial charge on any atom is -0.241 e. The summed E-state index contributed by atoms with van der Waals surface area (Å²) in [6.07, 6.45) is 1.54. The molecule has 0 amide bonds. The lowest BCUT2D eigenvalue weighted by Gasteiger charge is -2.08. The zero-order valence-electron chi connectivity index (χ0n) is 9.82. The second-order valence-electron chi connectivity index (χ2n) is 4.11. The maximum Gasteiger partial charge on any atom is 0.269 e. The van der Waals surface area contributed by atoms with Crippen LogP contribution in [0.15, 0.2) is 65.7 Å². The molecule has 3 aromatic rings. The van der Waals surface area contributed by atoms with Crippen LogP contribution in [0, 0.1) is 0 Å². The molecular weight excluding hydrogens is 282 g/mol. The van der Waals surface area contributed by atoms with E-state index in [1.165, 1.54) is 10.0 Å². The first-order chi connectivity index (χ1) is 9.10. The first-order valence-electron chi connectivity index (χ1n) is 5.67. The second-order valence-corrected chi connectivity index (χ2v) is 6.30. The van der Waals surface area contributed by atoms with Crippen molar-refractivity contribution in [2.45, 2.75) is 4.90 Å². The summed E-state index contributed by atoms with van der Waals surface area (Å²) >= 11 is 5.98. The lowest BCUT2D eigenvalue weighted by atomic mass is 10.3. The van der Waals surface area contributed by atoms with Gasteiger partial charge in [-0.25, -0.2) is 12.4 Å². The first kappa shape index (κ1) is 12.3. The van der Waals surface area contributed by atoms with Gasteiger partial charge in [-0.15, -0.1) is 0 Å². The van der Waals surface area contributed by atoms with Crippen LogP contribution in [0.3, 0.4) is 0 Å². The van der Waals surface area contributed by atoms with Gasteiger partial charge in [0.15, 0.2) is 0 Å². The number of hydrogen-bond acceptors (Lipinski definition) is 2. The Morgan fingerprint density at radius 2 is 1.58 bits per heavy atom. The predicted molar refractivity (Wildman–Crippen MR) is 76.0 cm³/mol. The third kappa shape index (κ3) is 1.93. The van der Waals surface area contributed by atoms with Crippen molar-refractivity contribution >= 4 is 32.5 Å². The molecule has 0 atom stereocenters. The second kappa shape index (κ2) is 4.40. The topological polar surface area (TPSA) is 39.1 Å². The summed E-state index contributed by atoms with van der Waals surface area (Å²) in [7, 11) is -3.67. The molecule has 0 unspecified atom stereocenters. The average Bonchev–Trinajstić information content (AvgIpc) is 2.83. The van der Waals surface area contributed by atoms with Gasteiger partial charge in [-0.2, -0.15) is 0 Å². The van der Waals surface area contributed by atoms with Gasteiger partial charge >= 0.3 is 0 Å². The monoisotopic (exact) mass is 291 g/mol. The van der Waals surface area contributed by atoms with Crippen molar-refractivity contribution in [1.82, 2.24) is 3.97 Å². The van der Waals surface area contributed by atoms with Crippen molar-refractivity contribution in [2.75, 3.05) is 0 Å². The van der Waals surface area contributed by atoms with Gasteiger partial charge in [0.25, 0.3) is 10.0 Å². The third-order valence-electron chi connectivity index (χ3n) is 2.94. The molecule has 1 aromatic heterocycles. The van der Waals surface area contributed by atoms with Crippen molar-refractivity contribution in [3.8, 4) is 0 Å². The van der Waals surface area contributed by atoms with Crippen LogP contribution in [0.4, 0.5) is 0 Å². The Labute approximate surface area is 116 Å². The summed E-state index contributed by atoms with van der Waals surface area (Å²) in [5, 5.41) is 1.10. The number of para-hydroxylation sites is 1. The highest BCUT2D eigenvalue weighted by Crippen LogP contribution is 2.26. The number of benzene rings is 2. The molecule has 0 spiro atoms. The van der Waals surface area contributed by atoms with E-state index in [-0.39, 0.29) is 9.92 Å². The highest BCUT2D eigenvalue weighted by molar-refractivity contribution is 7.90. The molecular formula is C14H10ClNO2S. The molecule has 0 bridgehead atoms. The van der Waals surface area contributed by atoms with Gasteiger partial charge in [0, 0.05) is 11.6 Å². The molecule has 0 saturated heterocycles. The van der Waals surface area contributed by atoms with Crippen LogP contribution in [0.5, 0.6) is 0 Å². The molecule has 5 heteroatoms. The zero-order valence-corrected chi connectivity index (χ0v) is 11.4. The largest absolute Gasteiger partial charge is 0.269 e. The summed E-state index contributed by atoms with van der Waals surface area (Å²) in [6, 6.07) is 15.5. The standard InChI is InChI=1S/C14H10ClNO2S/c15-12-6-2-4-8-14(12)19(17,18)16-10-9-11-5-1-3-7-13(11)16/h1-10H. The maximum absolute atomic E-state index is 12.6. The Morgan fingerprint density at radius 3 is 2.37 bits per heavy atom. The van der Waals surface area contributed by atoms with E-state index in [9.17, 15) is 8.42 Å². The van der Waals surface area contributed by atoms with E-state index in [2.05, 4.69) is 0 Å². The fraction of sp³-hybridized carbons (Fsp3) is 0. The highest BCUT2D eigenvalue weighted by Gasteiger charge is 2.21. The van der Waals surface area contributed by atoms with E-state index in [4.69, 9.17) is 11.6 Å². The van der Waals surface area contributed by atoms with Crippen molar-refractivity contribution in [3.63, 3.8) is 0 Å². The Bertz CT molecular complexity index is 853. The van der Waals surface area contributed by atoms with Crippen molar-refractivity contribution in [2.24, 2.45) is 0 Å². The molecule has 0 radical (unpaired) electrons. The summed E-state index contributed by atoms with van der Waals surface area (Å²) in [5.74, 6) is 0. The Morgan fingerprint density at radius 1 is 0.895 bits per heavy atom. The number of fused-ring (bicyclic) bond motifs is 1. The molecule has 0 saturated carbocycles. The van der Waals surface area contributed by atoms with Gasteiger partial charge < -0.3 is 0 Å². The van der Waals surface area contributed by atoms with Crippen LogP contribution in [-0.2, 0) is 10.0 Å². The average molecular weight is 292 g/mol. The van der Waals surface area contributed by atoms with Crippen LogP contribution in [0.25, 0.3) is 10.9 Å². The predicted octanol–water partition coefficient (Wildman–Crippen LogP) is 3.53. The van der Waals surface area contributed by atoms with Gasteiger partial charge in [-0.3, -0.25) is 0 Å². The van der Waals surface area contributed by atoms with Gasteiger partial charge in [0.05, 0.1) is 10.5 Å². The molecule has 0 aliphatic rings. The van der Waals surface area contributed by atoms with Crippen LogP contribution in [0.2, 0.25) is 5.02 Å². The normalized spacial score (nSPS) is 11.8.